The van der Waals surface area contributed by atoms with Crippen LogP contribution in [0.15, 0.2) is 18.2 Å². The van der Waals surface area contributed by atoms with Crippen LogP contribution in [-0.2, 0) is 10.2 Å². The van der Waals surface area contributed by atoms with Crippen LogP contribution in [0.2, 0.25) is 0 Å². The van der Waals surface area contributed by atoms with Gasteiger partial charge in [0.25, 0.3) is 5.69 Å². The fourth-order valence-electron chi connectivity index (χ4n) is 2.99. The van der Waals surface area contributed by atoms with Gasteiger partial charge in [0.2, 0.25) is 5.91 Å². The Morgan fingerprint density at radius 2 is 1.89 bits per heavy atom. The van der Waals surface area contributed by atoms with Gasteiger partial charge in [-0.25, -0.2) is 0 Å². The highest BCUT2D eigenvalue weighted by atomic mass is 16.6. The van der Waals surface area contributed by atoms with Crippen LogP contribution in [0.1, 0.15) is 45.1 Å². The number of nitro groups is 1. The van der Waals surface area contributed by atoms with E-state index in [1.165, 1.54) is 6.07 Å². The average molecular weight is 262 g/mol. The second-order valence-electron chi connectivity index (χ2n) is 5.02. The van der Waals surface area contributed by atoms with Gasteiger partial charge in [0.15, 0.2) is 0 Å². The van der Waals surface area contributed by atoms with Crippen molar-refractivity contribution < 1.29 is 9.72 Å². The maximum Gasteiger partial charge on any atom is 0.269 e. The maximum atomic E-state index is 12.3. The van der Waals surface area contributed by atoms with Gasteiger partial charge < -0.3 is 5.32 Å². The molecule has 1 N–H and O–H groups in total. The van der Waals surface area contributed by atoms with Gasteiger partial charge in [-0.2, -0.15) is 0 Å². The summed E-state index contributed by atoms with van der Waals surface area (Å²) >= 11 is 0. The number of rotatable bonds is 5. The Morgan fingerprint density at radius 3 is 2.42 bits per heavy atom. The molecule has 2 rings (SSSR count). The molecular formula is C14H18N2O3. The molecule has 1 aliphatic heterocycles. The SMILES string of the molecule is CCCC1(CCC)C(=O)Nc2ccc([N+](=O)[O-])cc21. The second-order valence-corrected chi connectivity index (χ2v) is 5.02. The van der Waals surface area contributed by atoms with Crippen LogP contribution >= 0.6 is 0 Å². The lowest BCUT2D eigenvalue weighted by Gasteiger charge is -2.26. The third kappa shape index (κ3) is 2.09. The van der Waals surface area contributed by atoms with Crippen molar-refractivity contribution in [3.05, 3.63) is 33.9 Å². The standard InChI is InChI=1S/C14H18N2O3/c1-3-7-14(8-4-2)11-9-10(16(18)19)5-6-12(11)15-13(14)17/h5-6,9H,3-4,7-8H2,1-2H3,(H,15,17). The molecule has 5 heteroatoms. The number of nitro benzene ring substituents is 1. The third-order valence-corrected chi connectivity index (χ3v) is 3.77. The number of fused-ring (bicyclic) bond motifs is 1. The monoisotopic (exact) mass is 262 g/mol. The van der Waals surface area contributed by atoms with E-state index in [0.717, 1.165) is 36.9 Å². The van der Waals surface area contributed by atoms with Crippen LogP contribution in [0.25, 0.3) is 0 Å². The third-order valence-electron chi connectivity index (χ3n) is 3.77. The fraction of sp³-hybridized carbons (Fsp3) is 0.500. The summed E-state index contributed by atoms with van der Waals surface area (Å²) in [4.78, 5) is 22.8. The predicted octanol–water partition coefficient (Wildman–Crippen LogP) is 3.38. The summed E-state index contributed by atoms with van der Waals surface area (Å²) in [6, 6.07) is 4.63. The Labute approximate surface area is 112 Å². The average Bonchev–Trinajstić information content (AvgIpc) is 2.63. The van der Waals surface area contributed by atoms with Gasteiger partial charge in [0, 0.05) is 17.8 Å². The molecule has 0 spiro atoms. The van der Waals surface area contributed by atoms with Gasteiger partial charge in [-0.3, -0.25) is 14.9 Å². The molecule has 0 saturated heterocycles. The first-order chi connectivity index (χ1) is 9.05. The normalized spacial score (nSPS) is 16.0. The number of hydrogen-bond donors (Lipinski definition) is 1. The Morgan fingerprint density at radius 1 is 1.26 bits per heavy atom. The summed E-state index contributed by atoms with van der Waals surface area (Å²) in [7, 11) is 0. The van der Waals surface area contributed by atoms with Gasteiger partial charge in [-0.1, -0.05) is 26.7 Å². The van der Waals surface area contributed by atoms with E-state index in [2.05, 4.69) is 5.32 Å². The van der Waals surface area contributed by atoms with E-state index in [-0.39, 0.29) is 11.6 Å². The molecule has 0 unspecified atom stereocenters. The number of hydrogen-bond acceptors (Lipinski definition) is 3. The topological polar surface area (TPSA) is 72.2 Å². The first kappa shape index (κ1) is 13.5. The van der Waals surface area contributed by atoms with Crippen molar-refractivity contribution in [1.29, 1.82) is 0 Å². The molecule has 102 valence electrons. The molecule has 0 atom stereocenters. The fourth-order valence-corrected chi connectivity index (χ4v) is 2.99. The smallest absolute Gasteiger partial charge is 0.269 e. The van der Waals surface area contributed by atoms with Crippen LogP contribution in [0.5, 0.6) is 0 Å². The number of carbonyl (C=O) groups excluding carboxylic acids is 1. The van der Waals surface area contributed by atoms with Gasteiger partial charge in [-0.15, -0.1) is 0 Å². The van der Waals surface area contributed by atoms with Crippen molar-refractivity contribution in [2.24, 2.45) is 0 Å². The van der Waals surface area contributed by atoms with Crippen molar-refractivity contribution in [1.82, 2.24) is 0 Å². The molecule has 1 aliphatic rings. The number of anilines is 1. The summed E-state index contributed by atoms with van der Waals surface area (Å²) in [5.74, 6) is -0.0216. The number of non-ortho nitro benzene ring substituents is 1. The molecule has 0 fully saturated rings. The predicted molar refractivity (Wildman–Crippen MR) is 73.2 cm³/mol. The summed E-state index contributed by atoms with van der Waals surface area (Å²) in [5, 5.41) is 13.8. The van der Waals surface area contributed by atoms with Crippen molar-refractivity contribution in [2.45, 2.75) is 44.9 Å². The van der Waals surface area contributed by atoms with Gasteiger partial charge >= 0.3 is 0 Å². The number of carbonyl (C=O) groups is 1. The first-order valence-corrected chi connectivity index (χ1v) is 6.65. The molecule has 1 amide bonds. The van der Waals surface area contributed by atoms with Crippen molar-refractivity contribution in [3.8, 4) is 0 Å². The molecule has 0 bridgehead atoms. The van der Waals surface area contributed by atoms with Crippen molar-refractivity contribution >= 4 is 17.3 Å². The van der Waals surface area contributed by atoms with E-state index in [9.17, 15) is 14.9 Å². The summed E-state index contributed by atoms with van der Waals surface area (Å²) in [6.07, 6.45) is 3.19. The van der Waals surface area contributed by atoms with Crippen molar-refractivity contribution in [2.75, 3.05) is 5.32 Å². The van der Waals surface area contributed by atoms with Crippen LogP contribution in [0.4, 0.5) is 11.4 Å². The molecule has 0 radical (unpaired) electrons. The number of nitrogens with zero attached hydrogens (tertiary/aromatic N) is 1. The van der Waals surface area contributed by atoms with Crippen LogP contribution in [0, 0.1) is 10.1 Å². The Kier molecular flexibility index (Phi) is 3.55. The maximum absolute atomic E-state index is 12.3. The lowest BCUT2D eigenvalue weighted by molar-refractivity contribution is -0.384. The Bertz CT molecular complexity index is 519. The molecule has 19 heavy (non-hydrogen) atoms. The van der Waals surface area contributed by atoms with Crippen molar-refractivity contribution in [3.63, 3.8) is 0 Å². The largest absolute Gasteiger partial charge is 0.325 e. The Hall–Kier alpha value is -1.91. The molecule has 0 aromatic heterocycles. The lowest BCUT2D eigenvalue weighted by atomic mass is 9.74. The molecule has 5 nitrogen and oxygen atoms in total. The minimum atomic E-state index is -0.592. The summed E-state index contributed by atoms with van der Waals surface area (Å²) < 4.78 is 0. The molecule has 1 aromatic rings. The zero-order valence-corrected chi connectivity index (χ0v) is 11.2. The van der Waals surface area contributed by atoms with Crippen LogP contribution < -0.4 is 5.32 Å². The van der Waals surface area contributed by atoms with Crippen LogP contribution in [-0.4, -0.2) is 10.8 Å². The molecule has 0 aliphatic carbocycles. The van der Waals surface area contributed by atoms with Gasteiger partial charge in [-0.05, 0) is 24.5 Å². The van der Waals surface area contributed by atoms with E-state index >= 15 is 0 Å². The lowest BCUT2D eigenvalue weighted by Crippen LogP contribution is -2.34. The van der Waals surface area contributed by atoms with Crippen LogP contribution in [0.3, 0.4) is 0 Å². The number of benzene rings is 1. The van der Waals surface area contributed by atoms with E-state index < -0.39 is 10.3 Å². The number of amides is 1. The minimum absolute atomic E-state index is 0.0216. The molecular weight excluding hydrogens is 244 g/mol. The molecule has 0 saturated carbocycles. The summed E-state index contributed by atoms with van der Waals surface area (Å²) in [6.45, 7) is 4.06. The first-order valence-electron chi connectivity index (χ1n) is 6.65. The highest BCUT2D eigenvalue weighted by Crippen LogP contribution is 2.45. The highest BCUT2D eigenvalue weighted by Gasteiger charge is 2.45. The van der Waals surface area contributed by atoms with E-state index in [4.69, 9.17) is 0 Å². The molecule has 1 heterocycles. The van der Waals surface area contributed by atoms with Gasteiger partial charge in [0.1, 0.15) is 0 Å². The second kappa shape index (κ2) is 4.99. The number of nitrogens with one attached hydrogen (secondary N) is 1. The molecule has 1 aromatic carbocycles. The van der Waals surface area contributed by atoms with Gasteiger partial charge in [0.05, 0.1) is 10.3 Å². The minimum Gasteiger partial charge on any atom is -0.325 e. The Balaban J connectivity index is 2.55. The quantitative estimate of drug-likeness (QED) is 0.653. The van der Waals surface area contributed by atoms with E-state index in [1.807, 2.05) is 13.8 Å². The highest BCUT2D eigenvalue weighted by molar-refractivity contribution is 6.06. The zero-order chi connectivity index (χ0) is 14.0. The zero-order valence-electron chi connectivity index (χ0n) is 11.2. The van der Waals surface area contributed by atoms with E-state index in [1.54, 1.807) is 12.1 Å². The van der Waals surface area contributed by atoms with E-state index in [0.29, 0.717) is 0 Å². The summed E-state index contributed by atoms with van der Waals surface area (Å²) in [5.41, 5.74) is 0.963.